The standard InChI is InChI=1S/C12H17N3/c1-14(2)11-7-5-10(6-8-11)12(9-13)15(3)4/h5-8,12H,1-4H3. The predicted octanol–water partition coefficient (Wildman–Crippen LogP) is 1.88. The predicted molar refractivity (Wildman–Crippen MR) is 62.8 cm³/mol. The van der Waals surface area contributed by atoms with Crippen LogP contribution in [0.25, 0.3) is 0 Å². The molecule has 3 heteroatoms. The van der Waals surface area contributed by atoms with Crippen molar-refractivity contribution >= 4 is 5.69 Å². The van der Waals surface area contributed by atoms with E-state index in [0.717, 1.165) is 11.3 Å². The van der Waals surface area contributed by atoms with E-state index in [2.05, 4.69) is 6.07 Å². The quantitative estimate of drug-likeness (QED) is 0.751. The van der Waals surface area contributed by atoms with Gasteiger partial charge < -0.3 is 4.90 Å². The van der Waals surface area contributed by atoms with Crippen LogP contribution in [0, 0.1) is 11.3 Å². The first kappa shape index (κ1) is 11.5. The number of nitrogens with zero attached hydrogens (tertiary/aromatic N) is 3. The molecule has 80 valence electrons. The Morgan fingerprint density at radius 2 is 1.60 bits per heavy atom. The summed E-state index contributed by atoms with van der Waals surface area (Å²) in [6.07, 6.45) is 0. The van der Waals surface area contributed by atoms with Gasteiger partial charge in [0.25, 0.3) is 0 Å². The van der Waals surface area contributed by atoms with Crippen molar-refractivity contribution < 1.29 is 0 Å². The van der Waals surface area contributed by atoms with Crippen LogP contribution in [0.2, 0.25) is 0 Å². The molecule has 0 bridgehead atoms. The van der Waals surface area contributed by atoms with Crippen LogP contribution in [0.15, 0.2) is 24.3 Å². The Balaban J connectivity index is 2.93. The van der Waals surface area contributed by atoms with E-state index in [4.69, 9.17) is 5.26 Å². The Morgan fingerprint density at radius 1 is 1.07 bits per heavy atom. The minimum atomic E-state index is -0.166. The molecule has 0 aliphatic carbocycles. The fraction of sp³-hybridized carbons (Fsp3) is 0.417. The Morgan fingerprint density at radius 3 is 1.93 bits per heavy atom. The summed E-state index contributed by atoms with van der Waals surface area (Å²) in [7, 11) is 7.83. The molecule has 0 radical (unpaired) electrons. The maximum Gasteiger partial charge on any atom is 0.123 e. The molecule has 1 aromatic rings. The number of rotatable bonds is 3. The summed E-state index contributed by atoms with van der Waals surface area (Å²) < 4.78 is 0. The summed E-state index contributed by atoms with van der Waals surface area (Å²) in [5.41, 5.74) is 2.18. The van der Waals surface area contributed by atoms with E-state index in [1.165, 1.54) is 0 Å². The molecule has 1 rings (SSSR count). The monoisotopic (exact) mass is 203 g/mol. The first-order chi connectivity index (χ1) is 7.06. The van der Waals surface area contributed by atoms with Crippen molar-refractivity contribution in [1.82, 2.24) is 4.90 Å². The van der Waals surface area contributed by atoms with E-state index < -0.39 is 0 Å². The van der Waals surface area contributed by atoms with Crippen LogP contribution in [0.1, 0.15) is 11.6 Å². The lowest BCUT2D eigenvalue weighted by atomic mass is 10.1. The molecule has 0 amide bonds. The highest BCUT2D eigenvalue weighted by Crippen LogP contribution is 2.20. The topological polar surface area (TPSA) is 30.3 Å². The lowest BCUT2D eigenvalue weighted by Gasteiger charge is -2.19. The molecule has 0 aliphatic heterocycles. The normalized spacial score (nSPS) is 12.3. The van der Waals surface area contributed by atoms with Gasteiger partial charge in [0.1, 0.15) is 6.04 Å². The van der Waals surface area contributed by atoms with Crippen molar-refractivity contribution in [3.05, 3.63) is 29.8 Å². The second-order valence-electron chi connectivity index (χ2n) is 3.98. The first-order valence-electron chi connectivity index (χ1n) is 4.89. The number of hydrogen-bond donors (Lipinski definition) is 0. The van der Waals surface area contributed by atoms with E-state index in [1.54, 1.807) is 0 Å². The van der Waals surface area contributed by atoms with Crippen LogP contribution in [0.5, 0.6) is 0 Å². The average Bonchev–Trinajstić information content (AvgIpc) is 2.19. The highest BCUT2D eigenvalue weighted by Gasteiger charge is 2.12. The summed E-state index contributed by atoms with van der Waals surface area (Å²) in [5, 5.41) is 9.03. The van der Waals surface area contributed by atoms with E-state index in [1.807, 2.05) is 62.3 Å². The smallest absolute Gasteiger partial charge is 0.123 e. The zero-order valence-corrected chi connectivity index (χ0v) is 9.73. The van der Waals surface area contributed by atoms with Crippen LogP contribution in [0.4, 0.5) is 5.69 Å². The molecule has 1 aromatic carbocycles. The van der Waals surface area contributed by atoms with Crippen molar-refractivity contribution in [1.29, 1.82) is 5.26 Å². The maximum absolute atomic E-state index is 9.03. The van der Waals surface area contributed by atoms with Crippen LogP contribution in [-0.2, 0) is 0 Å². The van der Waals surface area contributed by atoms with Crippen LogP contribution < -0.4 is 4.90 Å². The van der Waals surface area contributed by atoms with Gasteiger partial charge in [-0.05, 0) is 31.8 Å². The number of hydrogen-bond acceptors (Lipinski definition) is 3. The van der Waals surface area contributed by atoms with Crippen molar-refractivity contribution in [3.8, 4) is 6.07 Å². The number of benzene rings is 1. The van der Waals surface area contributed by atoms with Gasteiger partial charge in [-0.1, -0.05) is 12.1 Å². The van der Waals surface area contributed by atoms with Gasteiger partial charge in [-0.2, -0.15) is 5.26 Å². The molecule has 3 nitrogen and oxygen atoms in total. The van der Waals surface area contributed by atoms with Gasteiger partial charge in [0.15, 0.2) is 0 Å². The van der Waals surface area contributed by atoms with E-state index >= 15 is 0 Å². The largest absolute Gasteiger partial charge is 0.378 e. The van der Waals surface area contributed by atoms with E-state index in [9.17, 15) is 0 Å². The summed E-state index contributed by atoms with van der Waals surface area (Å²) in [6.45, 7) is 0. The molecule has 1 atom stereocenters. The van der Waals surface area contributed by atoms with Gasteiger partial charge in [-0.25, -0.2) is 0 Å². The Labute approximate surface area is 91.5 Å². The summed E-state index contributed by atoms with van der Waals surface area (Å²) in [5.74, 6) is 0. The third-order valence-corrected chi connectivity index (χ3v) is 2.36. The molecule has 0 spiro atoms. The summed E-state index contributed by atoms with van der Waals surface area (Å²) >= 11 is 0. The fourth-order valence-corrected chi connectivity index (χ4v) is 1.44. The fourth-order valence-electron chi connectivity index (χ4n) is 1.44. The number of anilines is 1. The highest BCUT2D eigenvalue weighted by atomic mass is 15.1. The van der Waals surface area contributed by atoms with Crippen molar-refractivity contribution in [2.75, 3.05) is 33.1 Å². The third kappa shape index (κ3) is 2.71. The molecular weight excluding hydrogens is 186 g/mol. The molecule has 0 aromatic heterocycles. The van der Waals surface area contributed by atoms with Crippen molar-refractivity contribution in [3.63, 3.8) is 0 Å². The third-order valence-electron chi connectivity index (χ3n) is 2.36. The van der Waals surface area contributed by atoms with Crippen LogP contribution in [0.3, 0.4) is 0 Å². The molecule has 0 saturated carbocycles. The minimum Gasteiger partial charge on any atom is -0.378 e. The van der Waals surface area contributed by atoms with Crippen molar-refractivity contribution in [2.45, 2.75) is 6.04 Å². The van der Waals surface area contributed by atoms with E-state index in [0.29, 0.717) is 0 Å². The van der Waals surface area contributed by atoms with E-state index in [-0.39, 0.29) is 6.04 Å². The zero-order valence-electron chi connectivity index (χ0n) is 9.73. The summed E-state index contributed by atoms with van der Waals surface area (Å²) in [4.78, 5) is 3.95. The molecule has 0 N–H and O–H groups in total. The Kier molecular flexibility index (Phi) is 3.70. The molecular formula is C12H17N3. The Hall–Kier alpha value is -1.53. The van der Waals surface area contributed by atoms with Crippen LogP contribution in [-0.4, -0.2) is 33.1 Å². The second-order valence-corrected chi connectivity index (χ2v) is 3.98. The second kappa shape index (κ2) is 4.81. The lowest BCUT2D eigenvalue weighted by molar-refractivity contribution is 0.358. The van der Waals surface area contributed by atoms with Gasteiger partial charge in [-0.3, -0.25) is 4.90 Å². The average molecular weight is 203 g/mol. The molecule has 0 aliphatic rings. The zero-order chi connectivity index (χ0) is 11.4. The van der Waals surface area contributed by atoms with Gasteiger partial charge in [0.2, 0.25) is 0 Å². The van der Waals surface area contributed by atoms with Gasteiger partial charge in [0.05, 0.1) is 6.07 Å². The minimum absolute atomic E-state index is 0.166. The van der Waals surface area contributed by atoms with Gasteiger partial charge in [-0.15, -0.1) is 0 Å². The molecule has 1 unspecified atom stereocenters. The maximum atomic E-state index is 9.03. The van der Waals surface area contributed by atoms with Gasteiger partial charge >= 0.3 is 0 Å². The highest BCUT2D eigenvalue weighted by molar-refractivity contribution is 5.47. The first-order valence-corrected chi connectivity index (χ1v) is 4.89. The van der Waals surface area contributed by atoms with Crippen molar-refractivity contribution in [2.24, 2.45) is 0 Å². The molecule has 0 fully saturated rings. The Bertz CT molecular complexity index is 346. The van der Waals surface area contributed by atoms with Gasteiger partial charge in [0, 0.05) is 19.8 Å². The molecule has 15 heavy (non-hydrogen) atoms. The molecule has 0 heterocycles. The SMILES string of the molecule is CN(C)c1ccc(C(C#N)N(C)C)cc1. The summed E-state index contributed by atoms with van der Waals surface area (Å²) in [6, 6.07) is 10.2. The number of nitriles is 1. The molecule has 0 saturated heterocycles. The lowest BCUT2D eigenvalue weighted by Crippen LogP contribution is -2.18. The van der Waals surface area contributed by atoms with Crippen LogP contribution >= 0.6 is 0 Å².